The van der Waals surface area contributed by atoms with Gasteiger partial charge in [-0.3, -0.25) is 9.11 Å². The molecule has 0 aliphatic carbocycles. The topological polar surface area (TPSA) is 50.5 Å². The second-order valence-corrected chi connectivity index (χ2v) is 7.78. The molecule has 1 aliphatic rings. The van der Waals surface area contributed by atoms with Crippen LogP contribution in [0.15, 0.2) is 33.5 Å². The van der Waals surface area contributed by atoms with Gasteiger partial charge < -0.3 is 4.42 Å². The van der Waals surface area contributed by atoms with Crippen molar-refractivity contribution in [2.45, 2.75) is 32.4 Å². The average molecular weight is 319 g/mol. The summed E-state index contributed by atoms with van der Waals surface area (Å²) >= 11 is 0. The summed E-state index contributed by atoms with van der Waals surface area (Å²) in [5.74, 6) is 1.57. The molecule has 1 fully saturated rings. The number of rotatable bonds is 3. The molecule has 118 valence electrons. The van der Waals surface area contributed by atoms with Crippen molar-refractivity contribution in [2.24, 2.45) is 0 Å². The van der Waals surface area contributed by atoms with Crippen molar-refractivity contribution in [3.05, 3.63) is 45.8 Å². The molecular formula is C17H21NO3S. The van der Waals surface area contributed by atoms with Crippen molar-refractivity contribution in [1.82, 2.24) is 4.90 Å². The molecule has 3 rings (SSSR count). The Balaban J connectivity index is 1.87. The third-order valence-corrected chi connectivity index (χ3v) is 5.77. The molecule has 0 spiro atoms. The average Bonchev–Trinajstić information content (AvgIpc) is 2.47. The van der Waals surface area contributed by atoms with E-state index in [1.807, 2.05) is 25.1 Å². The first-order chi connectivity index (χ1) is 10.5. The molecule has 4 nitrogen and oxygen atoms in total. The van der Waals surface area contributed by atoms with Crippen molar-refractivity contribution in [2.75, 3.05) is 18.6 Å². The molecule has 2 aromatic rings. The zero-order valence-corrected chi connectivity index (χ0v) is 13.8. The molecule has 5 heteroatoms. The Kier molecular flexibility index (Phi) is 4.45. The van der Waals surface area contributed by atoms with Gasteiger partial charge in [0, 0.05) is 46.3 Å². The van der Waals surface area contributed by atoms with Gasteiger partial charge in [-0.2, -0.15) is 0 Å². The molecule has 0 saturated carbocycles. The summed E-state index contributed by atoms with van der Waals surface area (Å²) in [6, 6.07) is 7.99. The Hall–Kier alpha value is -1.46. The summed E-state index contributed by atoms with van der Waals surface area (Å²) in [6.45, 7) is 2.70. The van der Waals surface area contributed by atoms with E-state index in [0.29, 0.717) is 18.2 Å². The second kappa shape index (κ2) is 6.34. The van der Waals surface area contributed by atoms with E-state index in [2.05, 4.69) is 11.9 Å². The maximum atomic E-state index is 11.8. The zero-order chi connectivity index (χ0) is 15.7. The van der Waals surface area contributed by atoms with Gasteiger partial charge in [-0.1, -0.05) is 12.1 Å². The molecule has 0 unspecified atom stereocenters. The highest BCUT2D eigenvalue weighted by Gasteiger charge is 2.22. The third kappa shape index (κ3) is 3.31. The predicted molar refractivity (Wildman–Crippen MR) is 89.6 cm³/mol. The van der Waals surface area contributed by atoms with Crippen molar-refractivity contribution >= 4 is 21.8 Å². The Morgan fingerprint density at radius 1 is 1.27 bits per heavy atom. The fraction of sp³-hybridized carbons (Fsp3) is 0.471. The maximum absolute atomic E-state index is 11.8. The predicted octanol–water partition coefficient (Wildman–Crippen LogP) is 2.44. The quantitative estimate of drug-likeness (QED) is 0.816. The Morgan fingerprint density at radius 2 is 2.00 bits per heavy atom. The van der Waals surface area contributed by atoms with Gasteiger partial charge in [0.15, 0.2) is 0 Å². The van der Waals surface area contributed by atoms with Crippen LogP contribution in [-0.4, -0.2) is 33.7 Å². The van der Waals surface area contributed by atoms with Gasteiger partial charge in [0.25, 0.3) is 0 Å². The third-order valence-electron chi connectivity index (χ3n) is 4.39. The van der Waals surface area contributed by atoms with E-state index in [9.17, 15) is 9.00 Å². The first kappa shape index (κ1) is 15.4. The van der Waals surface area contributed by atoms with Crippen LogP contribution in [0.3, 0.4) is 0 Å². The summed E-state index contributed by atoms with van der Waals surface area (Å²) in [4.78, 5) is 14.1. The molecule has 1 aromatic heterocycles. The van der Waals surface area contributed by atoms with E-state index in [0.717, 1.165) is 40.9 Å². The van der Waals surface area contributed by atoms with E-state index in [1.54, 1.807) is 6.07 Å². The Morgan fingerprint density at radius 3 is 2.73 bits per heavy atom. The van der Waals surface area contributed by atoms with Crippen molar-refractivity contribution in [3.63, 3.8) is 0 Å². The minimum Gasteiger partial charge on any atom is -0.423 e. The first-order valence-electron chi connectivity index (χ1n) is 7.61. The van der Waals surface area contributed by atoms with E-state index in [4.69, 9.17) is 4.42 Å². The van der Waals surface area contributed by atoms with Crippen molar-refractivity contribution in [1.29, 1.82) is 0 Å². The van der Waals surface area contributed by atoms with Crippen LogP contribution in [0, 0.1) is 6.92 Å². The van der Waals surface area contributed by atoms with Crippen LogP contribution in [0.2, 0.25) is 0 Å². The number of nitrogens with zero attached hydrogens (tertiary/aromatic N) is 1. The van der Waals surface area contributed by atoms with Gasteiger partial charge in [0.05, 0.1) is 0 Å². The van der Waals surface area contributed by atoms with Gasteiger partial charge in [-0.25, -0.2) is 4.79 Å². The van der Waals surface area contributed by atoms with Crippen LogP contribution in [0.25, 0.3) is 11.0 Å². The molecule has 1 aliphatic heterocycles. The van der Waals surface area contributed by atoms with Crippen molar-refractivity contribution in [3.8, 4) is 0 Å². The van der Waals surface area contributed by atoms with Crippen LogP contribution >= 0.6 is 0 Å². The molecular weight excluding hydrogens is 298 g/mol. The molecule has 0 amide bonds. The van der Waals surface area contributed by atoms with E-state index in [1.165, 1.54) is 0 Å². The van der Waals surface area contributed by atoms with Crippen molar-refractivity contribution < 1.29 is 8.63 Å². The van der Waals surface area contributed by atoms with Gasteiger partial charge in [-0.05, 0) is 44.0 Å². The number of hydrogen-bond acceptors (Lipinski definition) is 4. The van der Waals surface area contributed by atoms with Crippen LogP contribution in [-0.2, 0) is 17.3 Å². The smallest absolute Gasteiger partial charge is 0.336 e. The first-order valence-corrected chi connectivity index (χ1v) is 9.10. The summed E-state index contributed by atoms with van der Waals surface area (Å²) in [6.07, 6.45) is 1.92. The molecule has 22 heavy (non-hydrogen) atoms. The zero-order valence-electron chi connectivity index (χ0n) is 13.0. The summed E-state index contributed by atoms with van der Waals surface area (Å²) in [5.41, 5.74) is 2.43. The Bertz CT molecular complexity index is 758. The van der Waals surface area contributed by atoms with Crippen LogP contribution < -0.4 is 5.63 Å². The van der Waals surface area contributed by atoms with Gasteiger partial charge >= 0.3 is 5.63 Å². The summed E-state index contributed by atoms with van der Waals surface area (Å²) in [7, 11) is 1.43. The number of aryl methyl sites for hydroxylation is 1. The lowest BCUT2D eigenvalue weighted by molar-refractivity contribution is 0.220. The van der Waals surface area contributed by atoms with Crippen LogP contribution in [0.1, 0.15) is 24.0 Å². The minimum atomic E-state index is -0.644. The lowest BCUT2D eigenvalue weighted by atomic mass is 10.1. The number of hydrogen-bond donors (Lipinski definition) is 0. The SMILES string of the molecule is Cc1ccc2c(CN(C)C3CCS(=O)CC3)cc(=O)oc2c1. The lowest BCUT2D eigenvalue weighted by Gasteiger charge is -2.31. The normalized spacial score (nSPS) is 22.3. The highest BCUT2D eigenvalue weighted by atomic mass is 32.2. The maximum Gasteiger partial charge on any atom is 0.336 e. The fourth-order valence-corrected chi connectivity index (χ4v) is 4.36. The Labute approximate surface area is 132 Å². The second-order valence-electron chi connectivity index (χ2n) is 6.08. The van der Waals surface area contributed by atoms with Crippen LogP contribution in [0.5, 0.6) is 0 Å². The molecule has 0 bridgehead atoms. The number of fused-ring (bicyclic) bond motifs is 1. The van der Waals surface area contributed by atoms with E-state index in [-0.39, 0.29) is 5.63 Å². The van der Waals surface area contributed by atoms with E-state index >= 15 is 0 Å². The number of benzene rings is 1. The molecule has 2 heterocycles. The summed E-state index contributed by atoms with van der Waals surface area (Å²) < 4.78 is 16.8. The van der Waals surface area contributed by atoms with Crippen LogP contribution in [0.4, 0.5) is 0 Å². The van der Waals surface area contributed by atoms with Gasteiger partial charge in [0.1, 0.15) is 5.58 Å². The van der Waals surface area contributed by atoms with Gasteiger partial charge in [-0.15, -0.1) is 0 Å². The monoisotopic (exact) mass is 319 g/mol. The largest absolute Gasteiger partial charge is 0.423 e. The lowest BCUT2D eigenvalue weighted by Crippen LogP contribution is -2.37. The summed E-state index contributed by atoms with van der Waals surface area (Å²) in [5, 5.41) is 0.997. The standard InChI is InChI=1S/C17H21NO3S/c1-12-3-4-15-13(10-17(19)21-16(15)9-12)11-18(2)14-5-7-22(20)8-6-14/h3-4,9-10,14H,5-8,11H2,1-2H3. The molecule has 0 atom stereocenters. The molecule has 0 N–H and O–H groups in total. The molecule has 1 aromatic carbocycles. The minimum absolute atomic E-state index is 0.300. The van der Waals surface area contributed by atoms with Gasteiger partial charge in [0.2, 0.25) is 0 Å². The molecule has 1 saturated heterocycles. The highest BCUT2D eigenvalue weighted by molar-refractivity contribution is 7.85. The highest BCUT2D eigenvalue weighted by Crippen LogP contribution is 2.22. The fourth-order valence-electron chi connectivity index (χ4n) is 3.09. The van der Waals surface area contributed by atoms with E-state index < -0.39 is 10.8 Å². The molecule has 0 radical (unpaired) electrons.